The van der Waals surface area contributed by atoms with E-state index in [4.69, 9.17) is 10.8 Å². The molecule has 0 amide bonds. The van der Waals surface area contributed by atoms with Crippen molar-refractivity contribution in [1.29, 1.82) is 0 Å². The van der Waals surface area contributed by atoms with E-state index in [1.54, 1.807) is 18.2 Å². The summed E-state index contributed by atoms with van der Waals surface area (Å²) in [4.78, 5) is 10.9. The average Bonchev–Trinajstić information content (AvgIpc) is 2.60. The molecule has 0 fully saturated rings. The topological polar surface area (TPSA) is 89.4 Å². The van der Waals surface area contributed by atoms with Crippen LogP contribution >= 0.6 is 15.9 Å². The lowest BCUT2D eigenvalue weighted by Crippen LogP contribution is -1.99. The molecule has 0 aliphatic carbocycles. The number of nitrogen functional groups attached to an aromatic ring is 1. The van der Waals surface area contributed by atoms with Gasteiger partial charge < -0.3 is 15.4 Å². The van der Waals surface area contributed by atoms with E-state index >= 15 is 0 Å². The Morgan fingerprint density at radius 2 is 2.25 bits per heavy atom. The molecule has 0 bridgehead atoms. The molecule has 2 rings (SSSR count). The number of carbonyl (C=O) groups is 1. The van der Waals surface area contributed by atoms with Gasteiger partial charge in [-0.15, -0.1) is 0 Å². The number of aromatic nitrogens is 1. The summed E-state index contributed by atoms with van der Waals surface area (Å²) in [6, 6.07) is 7.08. The van der Waals surface area contributed by atoms with Gasteiger partial charge in [-0.05, 0) is 17.7 Å². The Kier molecular flexibility index (Phi) is 2.66. The molecule has 0 aliphatic heterocycles. The first-order valence-electron chi connectivity index (χ1n) is 4.34. The lowest BCUT2D eigenvalue weighted by atomic mass is 10.1. The number of hydrogen-bond donors (Lipinski definition) is 2. The second kappa shape index (κ2) is 3.97. The predicted molar refractivity (Wildman–Crippen MR) is 61.0 cm³/mol. The van der Waals surface area contributed by atoms with E-state index in [0.717, 1.165) is 4.47 Å². The highest BCUT2D eigenvalue weighted by molar-refractivity contribution is 9.10. The summed E-state index contributed by atoms with van der Waals surface area (Å²) in [7, 11) is 0. The number of benzene rings is 1. The van der Waals surface area contributed by atoms with Crippen LogP contribution in [0.3, 0.4) is 0 Å². The van der Waals surface area contributed by atoms with Gasteiger partial charge >= 0.3 is 5.97 Å². The minimum Gasteiger partial charge on any atom is -0.476 e. The number of nitrogens with zero attached hydrogens (tertiary/aromatic N) is 1. The zero-order valence-corrected chi connectivity index (χ0v) is 9.56. The van der Waals surface area contributed by atoms with Gasteiger partial charge in [0, 0.05) is 4.47 Å². The maximum Gasteiger partial charge on any atom is 0.358 e. The fourth-order valence-electron chi connectivity index (χ4n) is 1.37. The van der Waals surface area contributed by atoms with Crippen molar-refractivity contribution >= 4 is 27.8 Å². The van der Waals surface area contributed by atoms with Crippen molar-refractivity contribution in [3.8, 4) is 11.1 Å². The minimum absolute atomic E-state index is 0.00417. The van der Waals surface area contributed by atoms with Gasteiger partial charge in [0.2, 0.25) is 11.6 Å². The zero-order valence-electron chi connectivity index (χ0n) is 7.98. The number of nitrogens with two attached hydrogens (primary N) is 1. The molecule has 6 heteroatoms. The van der Waals surface area contributed by atoms with Gasteiger partial charge in [-0.3, -0.25) is 0 Å². The highest BCUT2D eigenvalue weighted by atomic mass is 79.9. The smallest absolute Gasteiger partial charge is 0.358 e. The number of carboxylic acids is 1. The molecule has 82 valence electrons. The van der Waals surface area contributed by atoms with Crippen LogP contribution in [0.4, 0.5) is 5.88 Å². The average molecular weight is 283 g/mol. The maximum atomic E-state index is 10.9. The zero-order chi connectivity index (χ0) is 11.7. The first-order chi connectivity index (χ1) is 7.59. The van der Waals surface area contributed by atoms with Crippen LogP contribution in [0.5, 0.6) is 0 Å². The van der Waals surface area contributed by atoms with Crippen molar-refractivity contribution in [3.05, 3.63) is 34.4 Å². The van der Waals surface area contributed by atoms with Gasteiger partial charge in [0.05, 0.1) is 5.56 Å². The van der Waals surface area contributed by atoms with E-state index in [0.29, 0.717) is 11.1 Å². The lowest BCUT2D eigenvalue weighted by molar-refractivity contribution is 0.0686. The molecule has 0 saturated carbocycles. The molecule has 1 aromatic carbocycles. The molecular formula is C10H7BrN2O3. The Bertz CT molecular complexity index is 551. The van der Waals surface area contributed by atoms with Crippen LogP contribution in [-0.2, 0) is 0 Å². The molecule has 0 atom stereocenters. The Morgan fingerprint density at radius 1 is 1.50 bits per heavy atom. The van der Waals surface area contributed by atoms with Crippen molar-refractivity contribution in [2.45, 2.75) is 0 Å². The molecular weight excluding hydrogens is 276 g/mol. The fourth-order valence-corrected chi connectivity index (χ4v) is 1.77. The van der Waals surface area contributed by atoms with E-state index in [9.17, 15) is 4.79 Å². The SMILES string of the molecule is Nc1onc(C(=O)O)c1-c1cccc(Br)c1. The quantitative estimate of drug-likeness (QED) is 0.883. The van der Waals surface area contributed by atoms with Crippen LogP contribution in [0.1, 0.15) is 10.5 Å². The van der Waals surface area contributed by atoms with Crippen LogP contribution in [-0.4, -0.2) is 16.2 Å². The van der Waals surface area contributed by atoms with E-state index in [2.05, 4.69) is 25.6 Å². The predicted octanol–water partition coefficient (Wildman–Crippen LogP) is 2.38. The highest BCUT2D eigenvalue weighted by Crippen LogP contribution is 2.31. The van der Waals surface area contributed by atoms with Crippen molar-refractivity contribution in [2.75, 3.05) is 5.73 Å². The first-order valence-corrected chi connectivity index (χ1v) is 5.13. The Morgan fingerprint density at radius 3 is 2.88 bits per heavy atom. The molecule has 16 heavy (non-hydrogen) atoms. The summed E-state index contributed by atoms with van der Waals surface area (Å²) < 4.78 is 5.50. The second-order valence-corrected chi connectivity index (χ2v) is 4.00. The van der Waals surface area contributed by atoms with Gasteiger partial charge in [0.1, 0.15) is 0 Å². The van der Waals surface area contributed by atoms with Crippen molar-refractivity contribution in [2.24, 2.45) is 0 Å². The minimum atomic E-state index is -1.17. The Hall–Kier alpha value is -1.82. The third-order valence-corrected chi connectivity index (χ3v) is 2.53. The third kappa shape index (κ3) is 1.79. The molecule has 0 saturated heterocycles. The number of hydrogen-bond acceptors (Lipinski definition) is 4. The summed E-state index contributed by atoms with van der Waals surface area (Å²) in [6.45, 7) is 0. The standard InChI is InChI=1S/C10H7BrN2O3/c11-6-3-1-2-5(4-6)7-8(10(14)15)13-16-9(7)12/h1-4H,12H2,(H,14,15). The van der Waals surface area contributed by atoms with Gasteiger partial charge in [0.25, 0.3) is 0 Å². The van der Waals surface area contributed by atoms with Gasteiger partial charge in [-0.2, -0.15) is 0 Å². The largest absolute Gasteiger partial charge is 0.476 e. The molecule has 1 aromatic heterocycles. The van der Waals surface area contributed by atoms with Crippen LogP contribution in [0.2, 0.25) is 0 Å². The highest BCUT2D eigenvalue weighted by Gasteiger charge is 2.21. The van der Waals surface area contributed by atoms with Crippen LogP contribution in [0.15, 0.2) is 33.3 Å². The third-order valence-electron chi connectivity index (χ3n) is 2.03. The van der Waals surface area contributed by atoms with E-state index in [1.165, 1.54) is 0 Å². The molecule has 0 radical (unpaired) electrons. The summed E-state index contributed by atoms with van der Waals surface area (Å²) in [5.41, 5.74) is 6.31. The van der Waals surface area contributed by atoms with Crippen molar-refractivity contribution in [3.63, 3.8) is 0 Å². The summed E-state index contributed by atoms with van der Waals surface area (Å²) in [5, 5.41) is 12.3. The molecule has 3 N–H and O–H groups in total. The number of halogens is 1. The first kappa shape index (κ1) is 10.7. The van der Waals surface area contributed by atoms with Crippen LogP contribution in [0.25, 0.3) is 11.1 Å². The van der Waals surface area contributed by atoms with E-state index in [1.807, 2.05) is 6.07 Å². The monoisotopic (exact) mass is 282 g/mol. The normalized spacial score (nSPS) is 10.3. The van der Waals surface area contributed by atoms with Gasteiger partial charge in [-0.1, -0.05) is 33.2 Å². The fraction of sp³-hybridized carbons (Fsp3) is 0. The molecule has 1 heterocycles. The van der Waals surface area contributed by atoms with Crippen molar-refractivity contribution < 1.29 is 14.4 Å². The second-order valence-electron chi connectivity index (χ2n) is 3.09. The van der Waals surface area contributed by atoms with E-state index < -0.39 is 5.97 Å². The van der Waals surface area contributed by atoms with Crippen LogP contribution < -0.4 is 5.73 Å². The molecule has 0 aliphatic rings. The lowest BCUT2D eigenvalue weighted by Gasteiger charge is -2.00. The van der Waals surface area contributed by atoms with Gasteiger partial charge in [0.15, 0.2) is 0 Å². The van der Waals surface area contributed by atoms with E-state index in [-0.39, 0.29) is 11.6 Å². The molecule has 5 nitrogen and oxygen atoms in total. The summed E-state index contributed by atoms with van der Waals surface area (Å²) in [5.74, 6) is -1.18. The Labute approximate surface area is 99.0 Å². The molecule has 2 aromatic rings. The van der Waals surface area contributed by atoms with Crippen molar-refractivity contribution in [1.82, 2.24) is 5.16 Å². The number of aromatic carboxylic acids is 1. The summed E-state index contributed by atoms with van der Waals surface area (Å²) in [6.07, 6.45) is 0. The number of carboxylic acid groups (broad SMARTS) is 1. The maximum absolute atomic E-state index is 10.9. The number of anilines is 1. The number of rotatable bonds is 2. The van der Waals surface area contributed by atoms with Crippen LogP contribution in [0, 0.1) is 0 Å². The summed E-state index contributed by atoms with van der Waals surface area (Å²) >= 11 is 3.29. The van der Waals surface area contributed by atoms with Gasteiger partial charge in [-0.25, -0.2) is 4.79 Å². The molecule has 0 spiro atoms. The molecule has 0 unspecified atom stereocenters. The Balaban J connectivity index is 2.63.